The predicted octanol–water partition coefficient (Wildman–Crippen LogP) is 3.57. The number of ether oxygens (including phenoxy) is 3. The van der Waals surface area contributed by atoms with E-state index < -0.39 is 6.10 Å². The summed E-state index contributed by atoms with van der Waals surface area (Å²) in [7, 11) is 3.72. The van der Waals surface area contributed by atoms with Crippen LogP contribution in [0.2, 0.25) is 0 Å². The number of carbonyl (C=O) groups excluding carboxylic acids is 1. The first kappa shape index (κ1) is 20.0. The van der Waals surface area contributed by atoms with Crippen LogP contribution >= 0.6 is 0 Å². The van der Waals surface area contributed by atoms with Crippen LogP contribution < -0.4 is 19.5 Å². The average Bonchev–Trinajstić information content (AvgIpc) is 2.71. The highest BCUT2D eigenvalue weighted by Crippen LogP contribution is 2.22. The summed E-state index contributed by atoms with van der Waals surface area (Å²) in [6.07, 6.45) is 1.69. The molecule has 6 heteroatoms. The Morgan fingerprint density at radius 3 is 2.43 bits per heavy atom. The number of hydrogen-bond donors (Lipinski definition) is 1. The summed E-state index contributed by atoms with van der Waals surface area (Å²) < 4.78 is 16.9. The zero-order chi connectivity index (χ0) is 19.9. The topological polar surface area (TPSA) is 60.0 Å². The molecule has 0 radical (unpaired) electrons. The van der Waals surface area contributed by atoms with Gasteiger partial charge < -0.3 is 24.4 Å². The molecule has 1 amide bonds. The molecule has 6 nitrogen and oxygen atoms in total. The van der Waals surface area contributed by atoms with Gasteiger partial charge in [0.15, 0.2) is 6.10 Å². The fourth-order valence-electron chi connectivity index (χ4n) is 3.09. The van der Waals surface area contributed by atoms with Gasteiger partial charge in [0.1, 0.15) is 23.4 Å². The fraction of sp³-hybridized carbons (Fsp3) is 0.409. The highest BCUT2D eigenvalue weighted by molar-refractivity contribution is 5.94. The Bertz CT molecular complexity index is 770. The number of nitrogens with zero attached hydrogens (tertiary/aromatic N) is 1. The first-order valence-corrected chi connectivity index (χ1v) is 9.60. The Kier molecular flexibility index (Phi) is 6.76. The quantitative estimate of drug-likeness (QED) is 0.791. The lowest BCUT2D eigenvalue weighted by atomic mass is 10.1. The number of rotatable bonds is 7. The van der Waals surface area contributed by atoms with Gasteiger partial charge in [-0.3, -0.25) is 4.79 Å². The Labute approximate surface area is 166 Å². The zero-order valence-corrected chi connectivity index (χ0v) is 16.7. The van der Waals surface area contributed by atoms with E-state index in [4.69, 9.17) is 14.2 Å². The zero-order valence-electron chi connectivity index (χ0n) is 16.7. The van der Waals surface area contributed by atoms with E-state index in [1.807, 2.05) is 36.4 Å². The molecule has 1 N–H and O–H groups in total. The Hall–Kier alpha value is -2.73. The minimum atomic E-state index is -0.637. The molecule has 1 unspecified atom stereocenters. The lowest BCUT2D eigenvalue weighted by molar-refractivity contribution is -0.122. The monoisotopic (exact) mass is 384 g/mol. The van der Waals surface area contributed by atoms with E-state index in [9.17, 15) is 4.79 Å². The maximum absolute atomic E-state index is 12.4. The molecule has 1 aliphatic heterocycles. The van der Waals surface area contributed by atoms with Gasteiger partial charge in [0.25, 0.3) is 5.91 Å². The summed E-state index contributed by atoms with van der Waals surface area (Å²) in [6.45, 7) is 3.83. The minimum absolute atomic E-state index is 0.216. The lowest BCUT2D eigenvalue weighted by Gasteiger charge is -2.29. The molecule has 150 valence electrons. The van der Waals surface area contributed by atoms with Crippen molar-refractivity contribution < 1.29 is 19.0 Å². The second-order valence-electron chi connectivity index (χ2n) is 7.07. The third-order valence-corrected chi connectivity index (χ3v) is 4.81. The first-order chi connectivity index (χ1) is 13.5. The summed E-state index contributed by atoms with van der Waals surface area (Å²) in [6, 6.07) is 14.7. The molecule has 1 saturated heterocycles. The van der Waals surface area contributed by atoms with Crippen molar-refractivity contribution in [1.29, 1.82) is 0 Å². The van der Waals surface area contributed by atoms with Gasteiger partial charge in [-0.1, -0.05) is 6.07 Å². The highest BCUT2D eigenvalue weighted by Gasteiger charge is 2.18. The fourth-order valence-corrected chi connectivity index (χ4v) is 3.09. The van der Waals surface area contributed by atoms with E-state index >= 15 is 0 Å². The van der Waals surface area contributed by atoms with Crippen molar-refractivity contribution in [1.82, 2.24) is 4.90 Å². The maximum atomic E-state index is 12.4. The molecule has 2 aromatic rings. The van der Waals surface area contributed by atoms with Crippen molar-refractivity contribution in [2.45, 2.75) is 32.0 Å². The van der Waals surface area contributed by atoms with Gasteiger partial charge in [0.2, 0.25) is 0 Å². The summed E-state index contributed by atoms with van der Waals surface area (Å²) >= 11 is 0. The third-order valence-electron chi connectivity index (χ3n) is 4.81. The van der Waals surface area contributed by atoms with Crippen LogP contribution in [0.4, 0.5) is 5.69 Å². The van der Waals surface area contributed by atoms with Gasteiger partial charge in [-0.25, -0.2) is 0 Å². The molecular formula is C22H28N2O4. The molecule has 1 heterocycles. The smallest absolute Gasteiger partial charge is 0.265 e. The molecule has 0 aromatic heterocycles. The van der Waals surface area contributed by atoms with Crippen molar-refractivity contribution in [2.24, 2.45) is 0 Å². The van der Waals surface area contributed by atoms with Crippen molar-refractivity contribution >= 4 is 11.6 Å². The van der Waals surface area contributed by atoms with Crippen LogP contribution in [0.5, 0.6) is 17.2 Å². The molecule has 2 aromatic carbocycles. The molecule has 0 bridgehead atoms. The third kappa shape index (κ3) is 5.63. The number of nitrogens with one attached hydrogen (secondary N) is 1. The highest BCUT2D eigenvalue weighted by atomic mass is 16.5. The van der Waals surface area contributed by atoms with E-state index in [0.717, 1.165) is 31.7 Å². The van der Waals surface area contributed by atoms with Crippen LogP contribution in [0.3, 0.4) is 0 Å². The second kappa shape index (κ2) is 9.46. The number of piperidine rings is 1. The van der Waals surface area contributed by atoms with Crippen molar-refractivity contribution in [3.05, 3.63) is 48.5 Å². The lowest BCUT2D eigenvalue weighted by Crippen LogP contribution is -2.35. The van der Waals surface area contributed by atoms with Crippen molar-refractivity contribution in [3.63, 3.8) is 0 Å². The Balaban J connectivity index is 1.50. The summed E-state index contributed by atoms with van der Waals surface area (Å²) in [4.78, 5) is 14.7. The summed E-state index contributed by atoms with van der Waals surface area (Å²) in [5.74, 6) is 1.88. The van der Waals surface area contributed by atoms with E-state index in [1.54, 1.807) is 26.2 Å². The molecule has 0 saturated carbocycles. The minimum Gasteiger partial charge on any atom is -0.497 e. The van der Waals surface area contributed by atoms with Gasteiger partial charge in [-0.2, -0.15) is 0 Å². The second-order valence-corrected chi connectivity index (χ2v) is 7.07. The van der Waals surface area contributed by atoms with Crippen LogP contribution in [0.1, 0.15) is 19.8 Å². The standard InChI is InChI=1S/C22H28N2O4/c1-16(27-21-6-4-5-20(15-21)26-3)22(25)23-17-7-9-18(10-8-17)28-19-11-13-24(2)14-12-19/h4-10,15-16,19H,11-14H2,1-3H3,(H,23,25). The number of methoxy groups -OCH3 is 1. The van der Waals surface area contributed by atoms with Gasteiger partial charge in [-0.05, 0) is 63.2 Å². The van der Waals surface area contributed by atoms with Crippen LogP contribution in [-0.2, 0) is 4.79 Å². The predicted molar refractivity (Wildman–Crippen MR) is 109 cm³/mol. The first-order valence-electron chi connectivity index (χ1n) is 9.60. The van der Waals surface area contributed by atoms with Gasteiger partial charge in [0, 0.05) is 24.8 Å². The Morgan fingerprint density at radius 2 is 1.75 bits per heavy atom. The summed E-state index contributed by atoms with van der Waals surface area (Å²) in [5, 5.41) is 2.87. The van der Waals surface area contributed by atoms with E-state index in [0.29, 0.717) is 17.2 Å². The SMILES string of the molecule is COc1cccc(OC(C)C(=O)Nc2ccc(OC3CCN(C)CC3)cc2)c1. The molecule has 1 fully saturated rings. The number of anilines is 1. The van der Waals surface area contributed by atoms with Crippen LogP contribution in [0.15, 0.2) is 48.5 Å². The molecule has 1 atom stereocenters. The molecule has 28 heavy (non-hydrogen) atoms. The Morgan fingerprint density at radius 1 is 1.07 bits per heavy atom. The van der Waals surface area contributed by atoms with E-state index in [2.05, 4.69) is 17.3 Å². The average molecular weight is 384 g/mol. The van der Waals surface area contributed by atoms with Crippen LogP contribution in [0.25, 0.3) is 0 Å². The number of likely N-dealkylation sites (tertiary alicyclic amines) is 1. The van der Waals surface area contributed by atoms with Crippen LogP contribution in [-0.4, -0.2) is 50.3 Å². The van der Waals surface area contributed by atoms with E-state index in [-0.39, 0.29) is 12.0 Å². The van der Waals surface area contributed by atoms with Crippen molar-refractivity contribution in [2.75, 3.05) is 32.6 Å². The normalized spacial score (nSPS) is 16.2. The molecular weight excluding hydrogens is 356 g/mol. The van der Waals surface area contributed by atoms with Gasteiger partial charge in [0.05, 0.1) is 7.11 Å². The number of carbonyl (C=O) groups is 1. The van der Waals surface area contributed by atoms with Crippen molar-refractivity contribution in [3.8, 4) is 17.2 Å². The van der Waals surface area contributed by atoms with Gasteiger partial charge in [-0.15, -0.1) is 0 Å². The molecule has 0 aliphatic carbocycles. The van der Waals surface area contributed by atoms with Gasteiger partial charge >= 0.3 is 0 Å². The molecule has 1 aliphatic rings. The largest absolute Gasteiger partial charge is 0.497 e. The summed E-state index contributed by atoms with van der Waals surface area (Å²) in [5.41, 5.74) is 0.710. The maximum Gasteiger partial charge on any atom is 0.265 e. The number of hydrogen-bond acceptors (Lipinski definition) is 5. The number of benzene rings is 2. The molecule has 3 rings (SSSR count). The van der Waals surface area contributed by atoms with E-state index in [1.165, 1.54) is 0 Å². The van der Waals surface area contributed by atoms with Crippen LogP contribution in [0, 0.1) is 0 Å². The number of amides is 1. The molecule has 0 spiro atoms.